The lowest BCUT2D eigenvalue weighted by atomic mass is 10.2. The molecule has 1 heterocycles. The molecule has 0 aliphatic rings. The Kier molecular flexibility index (Phi) is 6.32. The average molecular weight is 413 g/mol. The second-order valence-electron chi connectivity index (χ2n) is 6.57. The monoisotopic (exact) mass is 412 g/mol. The molecule has 0 saturated heterocycles. The quantitative estimate of drug-likeness (QED) is 0.377. The van der Waals surface area contributed by atoms with Gasteiger partial charge in [-0.3, -0.25) is 10.1 Å². The summed E-state index contributed by atoms with van der Waals surface area (Å²) in [5, 5.41) is 5.32. The van der Waals surface area contributed by atoms with Crippen molar-refractivity contribution in [1.82, 2.24) is 4.98 Å². The molecule has 0 radical (unpaired) electrons. The van der Waals surface area contributed by atoms with Crippen LogP contribution >= 0.6 is 11.3 Å². The van der Waals surface area contributed by atoms with E-state index in [0.717, 1.165) is 28.1 Å². The summed E-state index contributed by atoms with van der Waals surface area (Å²) >= 11 is 1.40. The number of rotatable bonds is 7. The molecule has 4 rings (SSSR count). The van der Waals surface area contributed by atoms with Crippen LogP contribution < -0.4 is 10.1 Å². The Morgan fingerprint density at radius 3 is 2.53 bits per heavy atom. The Morgan fingerprint density at radius 2 is 1.73 bits per heavy atom. The summed E-state index contributed by atoms with van der Waals surface area (Å²) in [6, 6.07) is 27.5. The fraction of sp³-hybridized carbons (Fsp3) is 0.0400. The summed E-state index contributed by atoms with van der Waals surface area (Å²) in [6.07, 6.45) is 3.26. The summed E-state index contributed by atoms with van der Waals surface area (Å²) in [5.41, 5.74) is 3.87. The predicted octanol–water partition coefficient (Wildman–Crippen LogP) is 6.04. The third kappa shape index (κ3) is 5.43. The first-order valence-corrected chi connectivity index (χ1v) is 10.4. The molecule has 4 aromatic rings. The number of aromatic nitrogens is 1. The average Bonchev–Trinajstić information content (AvgIpc) is 3.26. The normalized spacial score (nSPS) is 10.8. The van der Waals surface area contributed by atoms with Crippen molar-refractivity contribution < 1.29 is 9.53 Å². The number of anilines is 1. The predicted molar refractivity (Wildman–Crippen MR) is 122 cm³/mol. The van der Waals surface area contributed by atoms with Gasteiger partial charge in [-0.15, -0.1) is 11.3 Å². The fourth-order valence-electron chi connectivity index (χ4n) is 2.84. The number of thiazole rings is 1. The van der Waals surface area contributed by atoms with E-state index in [4.69, 9.17) is 4.74 Å². The minimum Gasteiger partial charge on any atom is -0.489 e. The number of ether oxygens (including phenoxy) is 1. The van der Waals surface area contributed by atoms with Crippen LogP contribution in [0.4, 0.5) is 5.13 Å². The number of benzene rings is 3. The molecular formula is C25H20N2O2S. The zero-order valence-corrected chi connectivity index (χ0v) is 17.0. The number of carbonyl (C=O) groups excluding carboxylic acids is 1. The van der Waals surface area contributed by atoms with Gasteiger partial charge in [-0.05, 0) is 29.3 Å². The molecule has 148 valence electrons. The van der Waals surface area contributed by atoms with E-state index in [2.05, 4.69) is 10.3 Å². The Balaban J connectivity index is 1.34. The van der Waals surface area contributed by atoms with E-state index < -0.39 is 0 Å². The molecule has 0 atom stereocenters. The van der Waals surface area contributed by atoms with E-state index in [9.17, 15) is 4.79 Å². The number of nitrogens with one attached hydrogen (secondary N) is 1. The van der Waals surface area contributed by atoms with Gasteiger partial charge >= 0.3 is 0 Å². The Morgan fingerprint density at radius 1 is 0.967 bits per heavy atom. The van der Waals surface area contributed by atoms with Crippen molar-refractivity contribution in [3.05, 3.63) is 108 Å². The zero-order chi connectivity index (χ0) is 20.6. The second-order valence-corrected chi connectivity index (χ2v) is 7.43. The topological polar surface area (TPSA) is 51.2 Å². The number of amides is 1. The Hall–Kier alpha value is -3.70. The molecular weight excluding hydrogens is 392 g/mol. The van der Waals surface area contributed by atoms with Gasteiger partial charge in [0.1, 0.15) is 12.4 Å². The molecule has 5 heteroatoms. The maximum atomic E-state index is 12.3. The Bertz CT molecular complexity index is 1140. The third-order valence-electron chi connectivity index (χ3n) is 4.34. The van der Waals surface area contributed by atoms with E-state index in [1.54, 1.807) is 6.08 Å². The highest BCUT2D eigenvalue weighted by atomic mass is 32.1. The van der Waals surface area contributed by atoms with Crippen molar-refractivity contribution in [3.63, 3.8) is 0 Å². The summed E-state index contributed by atoms with van der Waals surface area (Å²) in [4.78, 5) is 16.7. The van der Waals surface area contributed by atoms with Crippen molar-refractivity contribution in [3.8, 4) is 17.0 Å². The highest BCUT2D eigenvalue weighted by molar-refractivity contribution is 7.14. The maximum Gasteiger partial charge on any atom is 0.250 e. The van der Waals surface area contributed by atoms with Crippen LogP contribution in [0.5, 0.6) is 5.75 Å². The van der Waals surface area contributed by atoms with Gasteiger partial charge in [-0.1, -0.05) is 72.8 Å². The smallest absolute Gasteiger partial charge is 0.250 e. The minimum atomic E-state index is -0.223. The van der Waals surface area contributed by atoms with Crippen LogP contribution in [0.1, 0.15) is 11.1 Å². The largest absolute Gasteiger partial charge is 0.489 e. The molecule has 1 aromatic heterocycles. The van der Waals surface area contributed by atoms with Crippen LogP contribution in [0.3, 0.4) is 0 Å². The molecule has 0 saturated carbocycles. The Labute approximate surface area is 179 Å². The lowest BCUT2D eigenvalue weighted by molar-refractivity contribution is -0.111. The molecule has 0 fully saturated rings. The molecule has 0 aliphatic heterocycles. The highest BCUT2D eigenvalue weighted by Gasteiger charge is 2.06. The number of hydrogen-bond donors (Lipinski definition) is 1. The van der Waals surface area contributed by atoms with Crippen molar-refractivity contribution in [1.29, 1.82) is 0 Å². The molecule has 3 aromatic carbocycles. The van der Waals surface area contributed by atoms with Crippen LogP contribution in [-0.4, -0.2) is 10.9 Å². The third-order valence-corrected chi connectivity index (χ3v) is 5.10. The molecule has 0 aliphatic carbocycles. The standard InChI is InChI=1S/C25H20N2O2S/c28-24(27-25-26-23(18-30-25)21-11-5-2-6-12-21)15-14-19-10-7-13-22(16-19)29-17-20-8-3-1-4-9-20/h1-16,18H,17H2,(H,26,27,28)/b15-14+. The van der Waals surface area contributed by atoms with E-state index in [-0.39, 0.29) is 5.91 Å². The molecule has 1 N–H and O–H groups in total. The molecule has 1 amide bonds. The first-order valence-electron chi connectivity index (χ1n) is 9.53. The van der Waals surface area contributed by atoms with Gasteiger partial charge in [0, 0.05) is 17.0 Å². The van der Waals surface area contributed by atoms with Gasteiger partial charge in [0.05, 0.1) is 5.69 Å². The number of hydrogen-bond acceptors (Lipinski definition) is 4. The summed E-state index contributed by atoms with van der Waals surface area (Å²) < 4.78 is 5.84. The number of carbonyl (C=O) groups is 1. The van der Waals surface area contributed by atoms with E-state index >= 15 is 0 Å². The van der Waals surface area contributed by atoms with E-state index in [1.165, 1.54) is 17.4 Å². The molecule has 0 spiro atoms. The first-order chi connectivity index (χ1) is 14.8. The molecule has 0 unspecified atom stereocenters. The van der Waals surface area contributed by atoms with Crippen LogP contribution in [0, 0.1) is 0 Å². The van der Waals surface area contributed by atoms with Gasteiger partial charge in [0.15, 0.2) is 5.13 Å². The van der Waals surface area contributed by atoms with Crippen LogP contribution in [0.15, 0.2) is 96.4 Å². The highest BCUT2D eigenvalue weighted by Crippen LogP contribution is 2.24. The first kappa shape index (κ1) is 19.6. The fourth-order valence-corrected chi connectivity index (χ4v) is 3.56. The van der Waals surface area contributed by atoms with Gasteiger partial charge in [0.25, 0.3) is 0 Å². The second kappa shape index (κ2) is 9.67. The minimum absolute atomic E-state index is 0.223. The van der Waals surface area contributed by atoms with Crippen molar-refractivity contribution >= 4 is 28.5 Å². The van der Waals surface area contributed by atoms with E-state index in [0.29, 0.717) is 11.7 Å². The van der Waals surface area contributed by atoms with E-state index in [1.807, 2.05) is 90.3 Å². The number of nitrogens with zero attached hydrogens (tertiary/aromatic N) is 1. The maximum absolute atomic E-state index is 12.3. The van der Waals surface area contributed by atoms with Gasteiger partial charge in [0.2, 0.25) is 5.91 Å². The van der Waals surface area contributed by atoms with Crippen molar-refractivity contribution in [2.24, 2.45) is 0 Å². The van der Waals surface area contributed by atoms with Crippen LogP contribution in [-0.2, 0) is 11.4 Å². The van der Waals surface area contributed by atoms with Gasteiger partial charge in [-0.25, -0.2) is 4.98 Å². The summed E-state index contributed by atoms with van der Waals surface area (Å²) in [6.45, 7) is 0.502. The molecule has 30 heavy (non-hydrogen) atoms. The van der Waals surface area contributed by atoms with Gasteiger partial charge in [-0.2, -0.15) is 0 Å². The molecule has 4 nitrogen and oxygen atoms in total. The van der Waals surface area contributed by atoms with Crippen LogP contribution in [0.2, 0.25) is 0 Å². The van der Waals surface area contributed by atoms with Crippen molar-refractivity contribution in [2.75, 3.05) is 5.32 Å². The SMILES string of the molecule is O=C(/C=C/c1cccc(OCc2ccccc2)c1)Nc1nc(-c2ccccc2)cs1. The zero-order valence-electron chi connectivity index (χ0n) is 16.2. The van der Waals surface area contributed by atoms with Crippen molar-refractivity contribution in [2.45, 2.75) is 6.61 Å². The summed E-state index contributed by atoms with van der Waals surface area (Å²) in [7, 11) is 0. The van der Waals surface area contributed by atoms with Gasteiger partial charge < -0.3 is 4.74 Å². The molecule has 0 bridgehead atoms. The lowest BCUT2D eigenvalue weighted by Gasteiger charge is -2.06. The lowest BCUT2D eigenvalue weighted by Crippen LogP contribution is -2.07. The van der Waals surface area contributed by atoms with Crippen LogP contribution in [0.25, 0.3) is 17.3 Å². The summed E-state index contributed by atoms with van der Waals surface area (Å²) in [5.74, 6) is 0.536.